The second-order valence-electron chi connectivity index (χ2n) is 2.92. The standard InChI is InChI=1S/C9H5F2NO2S/c10-7-5-8-6(2-1-3-12-8)4-9(7)15(11,13)14/h1-5H. The Bertz CT molecular complexity index is 625. The van der Waals surface area contributed by atoms with Gasteiger partial charge >= 0.3 is 10.2 Å². The van der Waals surface area contributed by atoms with E-state index in [0.29, 0.717) is 5.39 Å². The van der Waals surface area contributed by atoms with Crippen molar-refractivity contribution in [2.75, 3.05) is 0 Å². The molecule has 0 fully saturated rings. The van der Waals surface area contributed by atoms with Crippen LogP contribution in [0.3, 0.4) is 0 Å². The number of nitrogens with zero attached hydrogens (tertiary/aromatic N) is 1. The SMILES string of the molecule is O=S(=O)(F)c1cc2cccnc2cc1F. The van der Waals surface area contributed by atoms with Gasteiger partial charge < -0.3 is 0 Å². The Morgan fingerprint density at radius 2 is 2.00 bits per heavy atom. The summed E-state index contributed by atoms with van der Waals surface area (Å²) in [7, 11) is -5.03. The molecule has 0 bridgehead atoms. The maximum absolute atomic E-state index is 13.2. The van der Waals surface area contributed by atoms with E-state index in [9.17, 15) is 16.7 Å². The molecule has 2 rings (SSSR count). The highest BCUT2D eigenvalue weighted by Crippen LogP contribution is 2.22. The third-order valence-electron chi connectivity index (χ3n) is 1.92. The molecule has 78 valence electrons. The van der Waals surface area contributed by atoms with Gasteiger partial charge in [-0.15, -0.1) is 3.89 Å². The Hall–Kier alpha value is -1.56. The second-order valence-corrected chi connectivity index (χ2v) is 4.23. The molecule has 0 spiro atoms. The van der Waals surface area contributed by atoms with Crippen LogP contribution in [0.2, 0.25) is 0 Å². The number of aromatic nitrogens is 1. The topological polar surface area (TPSA) is 47.0 Å². The van der Waals surface area contributed by atoms with Gasteiger partial charge in [0.1, 0.15) is 10.7 Å². The van der Waals surface area contributed by atoms with Crippen LogP contribution in [0.5, 0.6) is 0 Å². The Balaban J connectivity index is 2.84. The molecule has 1 heterocycles. The van der Waals surface area contributed by atoms with Gasteiger partial charge in [0.2, 0.25) is 0 Å². The first-order valence-electron chi connectivity index (χ1n) is 3.97. The fourth-order valence-corrected chi connectivity index (χ4v) is 1.82. The Morgan fingerprint density at radius 1 is 1.27 bits per heavy atom. The first-order valence-corrected chi connectivity index (χ1v) is 5.36. The number of hydrogen-bond donors (Lipinski definition) is 0. The van der Waals surface area contributed by atoms with Crippen LogP contribution in [0.25, 0.3) is 10.9 Å². The minimum Gasteiger partial charge on any atom is -0.256 e. The summed E-state index contributed by atoms with van der Waals surface area (Å²) in [4.78, 5) is 2.85. The lowest BCUT2D eigenvalue weighted by Gasteiger charge is -2.00. The molecule has 0 N–H and O–H groups in total. The molecule has 0 aliphatic rings. The lowest BCUT2D eigenvalue weighted by molar-refractivity contribution is 0.534. The van der Waals surface area contributed by atoms with E-state index in [2.05, 4.69) is 4.98 Å². The van der Waals surface area contributed by atoms with Gasteiger partial charge in [-0.2, -0.15) is 8.42 Å². The molecule has 0 radical (unpaired) electrons. The monoisotopic (exact) mass is 229 g/mol. The van der Waals surface area contributed by atoms with Crippen molar-refractivity contribution in [3.05, 3.63) is 36.3 Å². The van der Waals surface area contributed by atoms with E-state index in [1.54, 1.807) is 6.07 Å². The van der Waals surface area contributed by atoms with Gasteiger partial charge in [0.25, 0.3) is 0 Å². The first-order chi connectivity index (χ1) is 6.98. The van der Waals surface area contributed by atoms with Gasteiger partial charge in [0.15, 0.2) is 0 Å². The fourth-order valence-electron chi connectivity index (χ4n) is 1.26. The zero-order chi connectivity index (χ0) is 11.1. The maximum atomic E-state index is 13.2. The predicted octanol–water partition coefficient (Wildman–Crippen LogP) is 2.03. The molecular formula is C9H5F2NO2S. The molecule has 15 heavy (non-hydrogen) atoms. The number of pyridine rings is 1. The van der Waals surface area contributed by atoms with Crippen molar-refractivity contribution in [2.45, 2.75) is 4.90 Å². The maximum Gasteiger partial charge on any atom is 0.335 e. The van der Waals surface area contributed by atoms with Crippen molar-refractivity contribution in [2.24, 2.45) is 0 Å². The molecule has 0 amide bonds. The molecule has 3 nitrogen and oxygen atoms in total. The lowest BCUT2D eigenvalue weighted by atomic mass is 10.2. The van der Waals surface area contributed by atoms with Crippen LogP contribution in [0, 0.1) is 5.82 Å². The fraction of sp³-hybridized carbons (Fsp3) is 0. The summed E-state index contributed by atoms with van der Waals surface area (Å²) in [6.45, 7) is 0. The Kier molecular flexibility index (Phi) is 2.15. The molecule has 0 aliphatic heterocycles. The summed E-state index contributed by atoms with van der Waals surface area (Å²) in [5.74, 6) is -1.14. The molecule has 0 saturated heterocycles. The van der Waals surface area contributed by atoms with Crippen LogP contribution in [-0.2, 0) is 10.2 Å². The Morgan fingerprint density at radius 3 is 2.67 bits per heavy atom. The van der Waals surface area contributed by atoms with Crippen LogP contribution < -0.4 is 0 Å². The van der Waals surface area contributed by atoms with E-state index in [0.717, 1.165) is 12.1 Å². The predicted molar refractivity (Wildman–Crippen MR) is 50.0 cm³/mol. The van der Waals surface area contributed by atoms with Crippen molar-refractivity contribution < 1.29 is 16.7 Å². The molecule has 0 atom stereocenters. The third kappa shape index (κ3) is 1.80. The van der Waals surface area contributed by atoms with Crippen LogP contribution in [0.1, 0.15) is 0 Å². The van der Waals surface area contributed by atoms with Crippen molar-refractivity contribution in [1.82, 2.24) is 4.98 Å². The summed E-state index contributed by atoms with van der Waals surface area (Å²) in [6.07, 6.45) is 1.44. The third-order valence-corrected chi connectivity index (χ3v) is 2.76. The molecular weight excluding hydrogens is 224 g/mol. The molecule has 0 unspecified atom stereocenters. The largest absolute Gasteiger partial charge is 0.335 e. The number of rotatable bonds is 1. The zero-order valence-electron chi connectivity index (χ0n) is 7.31. The molecule has 6 heteroatoms. The van der Waals surface area contributed by atoms with Gasteiger partial charge in [-0.3, -0.25) is 4.98 Å². The van der Waals surface area contributed by atoms with Crippen LogP contribution >= 0.6 is 0 Å². The average Bonchev–Trinajstić information content (AvgIpc) is 2.15. The van der Waals surface area contributed by atoms with E-state index in [1.165, 1.54) is 12.3 Å². The van der Waals surface area contributed by atoms with E-state index in [4.69, 9.17) is 0 Å². The van der Waals surface area contributed by atoms with Gasteiger partial charge in [-0.25, -0.2) is 4.39 Å². The zero-order valence-corrected chi connectivity index (χ0v) is 8.13. The average molecular weight is 229 g/mol. The number of fused-ring (bicyclic) bond motifs is 1. The van der Waals surface area contributed by atoms with Crippen LogP contribution in [0.4, 0.5) is 8.28 Å². The van der Waals surface area contributed by atoms with Crippen molar-refractivity contribution in [3.8, 4) is 0 Å². The van der Waals surface area contributed by atoms with Gasteiger partial charge in [0.05, 0.1) is 5.52 Å². The van der Waals surface area contributed by atoms with E-state index in [1.807, 2.05) is 0 Å². The minimum atomic E-state index is -5.03. The number of benzene rings is 1. The summed E-state index contributed by atoms with van der Waals surface area (Å²) < 4.78 is 46.9. The molecule has 1 aromatic heterocycles. The first kappa shape index (κ1) is 9.97. The van der Waals surface area contributed by atoms with E-state index in [-0.39, 0.29) is 5.52 Å². The van der Waals surface area contributed by atoms with E-state index < -0.39 is 20.9 Å². The molecule has 2 aromatic rings. The highest BCUT2D eigenvalue weighted by Gasteiger charge is 2.18. The van der Waals surface area contributed by atoms with Crippen molar-refractivity contribution in [1.29, 1.82) is 0 Å². The van der Waals surface area contributed by atoms with Crippen molar-refractivity contribution >= 4 is 21.1 Å². The second kappa shape index (κ2) is 3.23. The lowest BCUT2D eigenvalue weighted by Crippen LogP contribution is -1.96. The summed E-state index contributed by atoms with van der Waals surface area (Å²) in [5.41, 5.74) is 0.280. The van der Waals surface area contributed by atoms with Gasteiger partial charge in [0, 0.05) is 17.6 Å². The highest BCUT2D eigenvalue weighted by atomic mass is 32.3. The van der Waals surface area contributed by atoms with Gasteiger partial charge in [-0.1, -0.05) is 6.07 Å². The van der Waals surface area contributed by atoms with Gasteiger partial charge in [-0.05, 0) is 12.1 Å². The molecule has 0 saturated carbocycles. The highest BCUT2D eigenvalue weighted by molar-refractivity contribution is 7.86. The van der Waals surface area contributed by atoms with Crippen molar-refractivity contribution in [3.63, 3.8) is 0 Å². The number of halogens is 2. The minimum absolute atomic E-state index is 0.280. The van der Waals surface area contributed by atoms with Crippen LogP contribution in [0.15, 0.2) is 35.4 Å². The smallest absolute Gasteiger partial charge is 0.256 e. The Labute approximate surface area is 84.6 Å². The molecule has 1 aromatic carbocycles. The summed E-state index contributed by atoms with van der Waals surface area (Å²) in [5, 5.41) is 0.370. The quantitative estimate of drug-likeness (QED) is 0.703. The molecule has 0 aliphatic carbocycles. The van der Waals surface area contributed by atoms with Crippen LogP contribution in [-0.4, -0.2) is 13.4 Å². The summed E-state index contributed by atoms with van der Waals surface area (Å²) >= 11 is 0. The normalized spacial score (nSPS) is 11.9. The van der Waals surface area contributed by atoms with E-state index >= 15 is 0 Å². The number of hydrogen-bond acceptors (Lipinski definition) is 3. The summed E-state index contributed by atoms with van der Waals surface area (Å²) in [6, 6.07) is 4.89.